The maximum atomic E-state index is 12.9. The van der Waals surface area contributed by atoms with Gasteiger partial charge in [0.1, 0.15) is 5.69 Å². The molecule has 0 spiro atoms. The number of carbonyl (C=O) groups is 1. The average Bonchev–Trinajstić information content (AvgIpc) is 3.13. The van der Waals surface area contributed by atoms with Gasteiger partial charge in [-0.3, -0.25) is 9.48 Å². The number of amides is 1. The smallest absolute Gasteiger partial charge is 0.319 e. The summed E-state index contributed by atoms with van der Waals surface area (Å²) in [7, 11) is 0. The van der Waals surface area contributed by atoms with Crippen molar-refractivity contribution in [1.82, 2.24) is 19.7 Å². The third-order valence-corrected chi connectivity index (χ3v) is 4.55. The van der Waals surface area contributed by atoms with Crippen LogP contribution >= 0.6 is 0 Å². The molecule has 0 atom stereocenters. The molecule has 0 aliphatic heterocycles. The topological polar surface area (TPSA) is 95.6 Å². The van der Waals surface area contributed by atoms with E-state index in [-0.39, 0.29) is 11.6 Å². The molecule has 0 saturated carbocycles. The van der Waals surface area contributed by atoms with E-state index >= 15 is 0 Å². The zero-order chi connectivity index (χ0) is 19.0. The van der Waals surface area contributed by atoms with Crippen LogP contribution < -0.4 is 11.0 Å². The molecule has 138 valence electrons. The van der Waals surface area contributed by atoms with Crippen molar-refractivity contribution in [2.45, 2.75) is 47.6 Å². The summed E-state index contributed by atoms with van der Waals surface area (Å²) in [6, 6.07) is 3.75. The van der Waals surface area contributed by atoms with Crippen LogP contribution in [-0.4, -0.2) is 25.7 Å². The molecule has 3 rings (SSSR count). The van der Waals surface area contributed by atoms with Gasteiger partial charge in [0, 0.05) is 6.54 Å². The van der Waals surface area contributed by atoms with Crippen molar-refractivity contribution in [2.24, 2.45) is 5.92 Å². The lowest BCUT2D eigenvalue weighted by atomic mass is 10.1. The van der Waals surface area contributed by atoms with Crippen molar-refractivity contribution in [2.75, 3.05) is 5.32 Å². The first-order chi connectivity index (χ1) is 12.3. The number of aryl methyl sites for hydroxylation is 2. The molecule has 3 N–H and O–H groups in total. The zero-order valence-corrected chi connectivity index (χ0v) is 15.9. The number of carbonyl (C=O) groups excluding carboxylic acids is 1. The van der Waals surface area contributed by atoms with Crippen molar-refractivity contribution in [3.8, 4) is 0 Å². The molecule has 7 heteroatoms. The van der Waals surface area contributed by atoms with Gasteiger partial charge in [0.05, 0.1) is 22.4 Å². The average molecular weight is 355 g/mol. The van der Waals surface area contributed by atoms with Gasteiger partial charge in [0.2, 0.25) is 0 Å². The minimum atomic E-state index is -0.293. The third-order valence-electron chi connectivity index (χ3n) is 4.55. The lowest BCUT2D eigenvalue weighted by Gasteiger charge is -2.12. The summed E-state index contributed by atoms with van der Waals surface area (Å²) in [4.78, 5) is 30.1. The highest BCUT2D eigenvalue weighted by Gasteiger charge is 2.19. The van der Waals surface area contributed by atoms with Gasteiger partial charge in [-0.05, 0) is 56.4 Å². The molecule has 0 bridgehead atoms. The Hall–Kier alpha value is -2.83. The molecule has 0 saturated heterocycles. The number of benzene rings is 1. The Bertz CT molecular complexity index is 1020. The van der Waals surface area contributed by atoms with E-state index < -0.39 is 0 Å². The summed E-state index contributed by atoms with van der Waals surface area (Å²) in [6.07, 6.45) is 0.826. The third kappa shape index (κ3) is 3.29. The number of hydrogen-bond donors (Lipinski definition) is 3. The number of imidazole rings is 1. The minimum absolute atomic E-state index is 0.230. The number of nitrogens with one attached hydrogen (secondary N) is 3. The van der Waals surface area contributed by atoms with Gasteiger partial charge in [0.25, 0.3) is 5.91 Å². The van der Waals surface area contributed by atoms with Crippen molar-refractivity contribution >= 4 is 22.6 Å². The Kier molecular flexibility index (Phi) is 4.71. The minimum Gasteiger partial charge on any atom is -0.319 e. The number of nitrogens with zero attached hydrogens (tertiary/aromatic N) is 2. The van der Waals surface area contributed by atoms with Crippen molar-refractivity contribution in [3.05, 3.63) is 45.1 Å². The van der Waals surface area contributed by atoms with Gasteiger partial charge >= 0.3 is 5.69 Å². The summed E-state index contributed by atoms with van der Waals surface area (Å²) < 4.78 is 1.72. The van der Waals surface area contributed by atoms with E-state index in [0.29, 0.717) is 34.9 Å². The lowest BCUT2D eigenvalue weighted by molar-refractivity contribution is 0.101. The molecule has 7 nitrogen and oxygen atoms in total. The molecule has 26 heavy (non-hydrogen) atoms. The van der Waals surface area contributed by atoms with E-state index in [1.54, 1.807) is 4.68 Å². The molecule has 0 unspecified atom stereocenters. The second-order valence-electron chi connectivity index (χ2n) is 7.08. The maximum Gasteiger partial charge on any atom is 0.323 e. The van der Waals surface area contributed by atoms with Crippen molar-refractivity contribution in [1.29, 1.82) is 0 Å². The van der Waals surface area contributed by atoms with Crippen LogP contribution in [0.15, 0.2) is 16.9 Å². The van der Waals surface area contributed by atoms with E-state index in [1.807, 2.05) is 32.9 Å². The van der Waals surface area contributed by atoms with E-state index in [9.17, 15) is 9.59 Å². The van der Waals surface area contributed by atoms with E-state index in [1.165, 1.54) is 0 Å². The summed E-state index contributed by atoms with van der Waals surface area (Å²) in [5, 5.41) is 7.50. The van der Waals surface area contributed by atoms with Gasteiger partial charge in [-0.1, -0.05) is 13.8 Å². The highest BCUT2D eigenvalue weighted by atomic mass is 16.2. The van der Waals surface area contributed by atoms with Crippen LogP contribution in [-0.2, 0) is 13.0 Å². The fourth-order valence-electron chi connectivity index (χ4n) is 3.16. The van der Waals surface area contributed by atoms with Crippen molar-refractivity contribution in [3.63, 3.8) is 0 Å². The predicted molar refractivity (Wildman–Crippen MR) is 103 cm³/mol. The molecule has 1 aromatic carbocycles. The number of aromatic nitrogens is 4. The fourth-order valence-corrected chi connectivity index (χ4v) is 3.16. The quantitative estimate of drug-likeness (QED) is 0.656. The first kappa shape index (κ1) is 18.0. The monoisotopic (exact) mass is 355 g/mol. The lowest BCUT2D eigenvalue weighted by Crippen LogP contribution is -2.18. The molecular weight excluding hydrogens is 330 g/mol. The van der Waals surface area contributed by atoms with Gasteiger partial charge < -0.3 is 15.3 Å². The summed E-state index contributed by atoms with van der Waals surface area (Å²) in [6.45, 7) is 10.7. The van der Waals surface area contributed by atoms with E-state index in [0.717, 1.165) is 23.2 Å². The molecule has 0 fully saturated rings. The van der Waals surface area contributed by atoms with Crippen LogP contribution in [0.3, 0.4) is 0 Å². The standard InChI is InChI=1S/C19H25N5O2/c1-6-24-15(9-13(23-24)7-10(2)3)18(25)21-16-12(5)11(4)8-14-17(16)22-19(26)20-14/h8-10H,6-7H2,1-5H3,(H,21,25)(H2,20,22,26). The zero-order valence-electron chi connectivity index (χ0n) is 15.9. The Morgan fingerprint density at radius 2 is 2.00 bits per heavy atom. The second kappa shape index (κ2) is 6.82. The summed E-state index contributed by atoms with van der Waals surface area (Å²) in [5.74, 6) is 0.237. The largest absolute Gasteiger partial charge is 0.323 e. The number of H-pyrrole nitrogens is 2. The van der Waals surface area contributed by atoms with Crippen molar-refractivity contribution < 1.29 is 4.79 Å². The molecule has 3 aromatic rings. The van der Waals surface area contributed by atoms with Crippen LogP contribution in [0.5, 0.6) is 0 Å². The molecule has 0 aliphatic rings. The molecule has 0 radical (unpaired) electrons. The van der Waals surface area contributed by atoms with Crippen LogP contribution in [0.25, 0.3) is 11.0 Å². The molecule has 0 aliphatic carbocycles. The molecule has 2 heterocycles. The Labute approximate surface area is 151 Å². The summed E-state index contributed by atoms with van der Waals surface area (Å²) >= 11 is 0. The molecular formula is C19H25N5O2. The SMILES string of the molecule is CCn1nc(CC(C)C)cc1C(=O)Nc1c(C)c(C)cc2[nH]c(=O)[nH]c12. The molecule has 2 aromatic heterocycles. The number of fused-ring (bicyclic) bond motifs is 1. The summed E-state index contributed by atoms with van der Waals surface area (Å²) in [5.41, 5.74) is 4.96. The maximum absolute atomic E-state index is 12.9. The van der Waals surface area contributed by atoms with Crippen LogP contribution in [0.4, 0.5) is 5.69 Å². The normalized spacial score (nSPS) is 11.5. The Morgan fingerprint density at radius 3 is 2.65 bits per heavy atom. The van der Waals surface area contributed by atoms with Gasteiger partial charge in [-0.25, -0.2) is 4.79 Å². The first-order valence-corrected chi connectivity index (χ1v) is 8.90. The number of aromatic amines is 2. The highest BCUT2D eigenvalue weighted by Crippen LogP contribution is 2.27. The second-order valence-corrected chi connectivity index (χ2v) is 7.08. The van der Waals surface area contributed by atoms with Gasteiger partial charge in [-0.2, -0.15) is 5.10 Å². The predicted octanol–water partition coefficient (Wildman–Crippen LogP) is 3.14. The number of anilines is 1. The van der Waals surface area contributed by atoms with E-state index in [2.05, 4.69) is 34.2 Å². The first-order valence-electron chi connectivity index (χ1n) is 8.90. The number of rotatable bonds is 5. The van der Waals surface area contributed by atoms with E-state index in [4.69, 9.17) is 0 Å². The number of hydrogen-bond acceptors (Lipinski definition) is 3. The Morgan fingerprint density at radius 1 is 1.27 bits per heavy atom. The Balaban J connectivity index is 2.01. The van der Waals surface area contributed by atoms with Crippen LogP contribution in [0.1, 0.15) is 48.1 Å². The highest BCUT2D eigenvalue weighted by molar-refractivity contribution is 6.08. The molecule has 1 amide bonds. The fraction of sp³-hybridized carbons (Fsp3) is 0.421. The van der Waals surface area contributed by atoms with Crippen LogP contribution in [0, 0.1) is 19.8 Å². The van der Waals surface area contributed by atoms with Crippen LogP contribution in [0.2, 0.25) is 0 Å². The van der Waals surface area contributed by atoms with Gasteiger partial charge in [-0.15, -0.1) is 0 Å². The van der Waals surface area contributed by atoms with Gasteiger partial charge in [0.15, 0.2) is 0 Å².